The fourth-order valence-electron chi connectivity index (χ4n) is 6.95. The van der Waals surface area contributed by atoms with Gasteiger partial charge in [-0.3, -0.25) is 9.59 Å². The van der Waals surface area contributed by atoms with Gasteiger partial charge in [0.2, 0.25) is 0 Å². The van der Waals surface area contributed by atoms with Crippen molar-refractivity contribution in [3.05, 3.63) is 50.9 Å². The highest BCUT2D eigenvalue weighted by Crippen LogP contribution is 2.61. The number of hydrogen-bond acceptors (Lipinski definition) is 5. The van der Waals surface area contributed by atoms with Crippen LogP contribution in [0.3, 0.4) is 0 Å². The number of aliphatic hydroxyl groups is 1. The van der Waals surface area contributed by atoms with E-state index in [-0.39, 0.29) is 18.0 Å². The summed E-state index contributed by atoms with van der Waals surface area (Å²) < 4.78 is 1.76. The van der Waals surface area contributed by atoms with Gasteiger partial charge in [-0.25, -0.2) is 0 Å². The predicted molar refractivity (Wildman–Crippen MR) is 149 cm³/mol. The third-order valence-electron chi connectivity index (χ3n) is 9.58. The van der Waals surface area contributed by atoms with E-state index in [1.54, 1.807) is 30.5 Å². The molecule has 1 aromatic heterocycles. The molecule has 3 N–H and O–H groups in total. The van der Waals surface area contributed by atoms with E-state index in [0.717, 1.165) is 38.0 Å². The number of hydrogen-bond donors (Lipinski definition) is 3. The number of nitrogens with zero attached hydrogens (tertiary/aromatic N) is 2. The molecule has 37 heavy (non-hydrogen) atoms. The van der Waals surface area contributed by atoms with Crippen LogP contribution in [0.1, 0.15) is 82.5 Å². The van der Waals surface area contributed by atoms with Crippen LogP contribution >= 0.6 is 15.9 Å². The summed E-state index contributed by atoms with van der Waals surface area (Å²) in [5.74, 6) is 1.68. The van der Waals surface area contributed by atoms with Crippen molar-refractivity contribution >= 4 is 27.5 Å². The third-order valence-corrected chi connectivity index (χ3v) is 10.3. The summed E-state index contributed by atoms with van der Waals surface area (Å²) in [7, 11) is 0. The maximum absolute atomic E-state index is 13.3. The molecule has 1 aromatic carbocycles. The number of halogens is 1. The van der Waals surface area contributed by atoms with Gasteiger partial charge in [0.25, 0.3) is 11.5 Å². The van der Waals surface area contributed by atoms with Crippen molar-refractivity contribution in [2.45, 2.75) is 83.8 Å². The lowest BCUT2D eigenvalue weighted by atomic mass is 9.45. The second-order valence-electron chi connectivity index (χ2n) is 12.2. The van der Waals surface area contributed by atoms with Crippen LogP contribution in [-0.2, 0) is 0 Å². The molecule has 4 atom stereocenters. The van der Waals surface area contributed by atoms with Crippen molar-refractivity contribution in [2.75, 3.05) is 11.9 Å². The number of amides is 1. The fourth-order valence-corrected chi connectivity index (χ4v) is 7.33. The molecule has 1 amide bonds. The van der Waals surface area contributed by atoms with Gasteiger partial charge in [0, 0.05) is 18.2 Å². The molecule has 4 fully saturated rings. The van der Waals surface area contributed by atoms with Gasteiger partial charge in [-0.05, 0) is 83.0 Å². The van der Waals surface area contributed by atoms with Gasteiger partial charge in [-0.2, -0.15) is 9.78 Å². The van der Waals surface area contributed by atoms with Gasteiger partial charge < -0.3 is 15.7 Å². The van der Waals surface area contributed by atoms with E-state index < -0.39 is 5.60 Å². The standard InChI is InChI=1S/C29H39BrN4O3/c1-18-22-14-20(28(22,2)3)15-23(18)33-24-16-32-34(27(36)25(24)30)21-10-8-9-19(13-21)26(35)31-17-29(37)11-6-4-5-7-12-29/h8-10,13,16,18,20,22-23,33,37H,4-7,11-12,14-15,17H2,1-3H3,(H,31,35)/t18?,20-,22+,23+/m0/s1. The molecule has 8 heteroatoms. The quantitative estimate of drug-likeness (QED) is 0.410. The summed E-state index contributed by atoms with van der Waals surface area (Å²) in [6.45, 7) is 7.31. The van der Waals surface area contributed by atoms with Crippen LogP contribution in [0.4, 0.5) is 5.69 Å². The van der Waals surface area contributed by atoms with Crippen molar-refractivity contribution in [3.63, 3.8) is 0 Å². The zero-order valence-electron chi connectivity index (χ0n) is 22.1. The van der Waals surface area contributed by atoms with Crippen LogP contribution < -0.4 is 16.2 Å². The van der Waals surface area contributed by atoms with Crippen LogP contribution in [-0.4, -0.2) is 39.0 Å². The third kappa shape index (κ3) is 5.11. The van der Waals surface area contributed by atoms with E-state index in [1.165, 1.54) is 11.1 Å². The van der Waals surface area contributed by atoms with Crippen molar-refractivity contribution in [2.24, 2.45) is 23.2 Å². The lowest BCUT2D eigenvalue weighted by molar-refractivity contribution is -0.105. The van der Waals surface area contributed by atoms with E-state index in [4.69, 9.17) is 0 Å². The Balaban J connectivity index is 1.29. The van der Waals surface area contributed by atoms with Crippen molar-refractivity contribution in [3.8, 4) is 5.69 Å². The molecule has 4 saturated carbocycles. The summed E-state index contributed by atoms with van der Waals surface area (Å²) in [6, 6.07) is 7.21. The average molecular weight is 572 g/mol. The zero-order chi connectivity index (χ0) is 26.4. The predicted octanol–water partition coefficient (Wildman–Crippen LogP) is 5.29. The smallest absolute Gasteiger partial charge is 0.287 e. The molecule has 7 nitrogen and oxygen atoms in total. The molecular formula is C29H39BrN4O3. The van der Waals surface area contributed by atoms with Crippen LogP contribution in [0, 0.1) is 23.2 Å². The first-order chi connectivity index (χ1) is 17.6. The normalized spacial score (nSPS) is 28.0. The van der Waals surface area contributed by atoms with E-state index in [1.807, 2.05) is 0 Å². The highest BCUT2D eigenvalue weighted by molar-refractivity contribution is 9.10. The molecule has 2 bridgehead atoms. The number of anilines is 1. The number of benzene rings is 1. The number of carbonyl (C=O) groups excluding carboxylic acids is 1. The Morgan fingerprint density at radius 3 is 2.59 bits per heavy atom. The molecule has 200 valence electrons. The number of carbonyl (C=O) groups is 1. The lowest BCUT2D eigenvalue weighted by Gasteiger charge is -2.62. The molecule has 4 aliphatic rings. The second-order valence-corrected chi connectivity index (χ2v) is 13.0. The molecule has 1 unspecified atom stereocenters. The molecule has 0 radical (unpaired) electrons. The molecule has 0 aliphatic heterocycles. The second kappa shape index (κ2) is 10.2. The SMILES string of the molecule is CC1[C@H]2C[C@@H](C[C@H]1Nc1cnn(-c3cccc(C(=O)NCC4(O)CCCCCC4)c3)c(=O)c1Br)C2(C)C. The van der Waals surface area contributed by atoms with Crippen LogP contribution in [0.2, 0.25) is 0 Å². The average Bonchev–Trinajstić information content (AvgIpc) is 3.11. The minimum Gasteiger partial charge on any atom is -0.388 e. The minimum absolute atomic E-state index is 0.235. The highest BCUT2D eigenvalue weighted by Gasteiger charge is 2.56. The van der Waals surface area contributed by atoms with Gasteiger partial charge in [-0.1, -0.05) is 52.5 Å². The van der Waals surface area contributed by atoms with E-state index in [0.29, 0.717) is 57.5 Å². The molecule has 2 aromatic rings. The first kappa shape index (κ1) is 26.4. The monoisotopic (exact) mass is 570 g/mol. The van der Waals surface area contributed by atoms with Gasteiger partial charge >= 0.3 is 0 Å². The Morgan fingerprint density at radius 2 is 1.92 bits per heavy atom. The maximum Gasteiger partial charge on any atom is 0.287 e. The molecular weight excluding hydrogens is 532 g/mol. The van der Waals surface area contributed by atoms with Crippen molar-refractivity contribution in [1.82, 2.24) is 15.1 Å². The van der Waals surface area contributed by atoms with Crippen molar-refractivity contribution < 1.29 is 9.90 Å². The van der Waals surface area contributed by atoms with E-state index in [9.17, 15) is 14.7 Å². The zero-order valence-corrected chi connectivity index (χ0v) is 23.7. The summed E-state index contributed by atoms with van der Waals surface area (Å²) in [5.41, 5.74) is 0.947. The summed E-state index contributed by atoms with van der Waals surface area (Å²) in [6.07, 6.45) is 9.73. The molecule has 4 aliphatic carbocycles. The first-order valence-electron chi connectivity index (χ1n) is 13.7. The first-order valence-corrected chi connectivity index (χ1v) is 14.5. The number of nitrogens with one attached hydrogen (secondary N) is 2. The molecule has 1 heterocycles. The Kier molecular flexibility index (Phi) is 7.26. The van der Waals surface area contributed by atoms with Gasteiger partial charge in [0.1, 0.15) is 4.47 Å². The maximum atomic E-state index is 13.3. The largest absolute Gasteiger partial charge is 0.388 e. The summed E-state index contributed by atoms with van der Waals surface area (Å²) in [5, 5.41) is 21.8. The Bertz CT molecular complexity index is 1220. The molecule has 0 spiro atoms. The van der Waals surface area contributed by atoms with Crippen molar-refractivity contribution in [1.29, 1.82) is 0 Å². The molecule has 6 rings (SSSR count). The fraction of sp³-hybridized carbons (Fsp3) is 0.621. The number of rotatable bonds is 6. The Morgan fingerprint density at radius 1 is 1.19 bits per heavy atom. The number of aromatic nitrogens is 2. The lowest BCUT2D eigenvalue weighted by Crippen LogP contribution is -2.58. The van der Waals surface area contributed by atoms with Gasteiger partial charge in [0.15, 0.2) is 0 Å². The Labute approximate surface area is 227 Å². The topological polar surface area (TPSA) is 96.2 Å². The van der Waals surface area contributed by atoms with Crippen LogP contribution in [0.15, 0.2) is 39.7 Å². The van der Waals surface area contributed by atoms with E-state index in [2.05, 4.69) is 52.4 Å². The van der Waals surface area contributed by atoms with Gasteiger partial charge in [-0.15, -0.1) is 0 Å². The summed E-state index contributed by atoms with van der Waals surface area (Å²) >= 11 is 3.51. The number of fused-ring (bicyclic) bond motifs is 2. The highest BCUT2D eigenvalue weighted by atomic mass is 79.9. The van der Waals surface area contributed by atoms with Crippen LogP contribution in [0.5, 0.6) is 0 Å². The molecule has 0 saturated heterocycles. The Hall–Kier alpha value is -2.19. The van der Waals surface area contributed by atoms with Gasteiger partial charge in [0.05, 0.1) is 23.2 Å². The van der Waals surface area contributed by atoms with E-state index >= 15 is 0 Å². The minimum atomic E-state index is -0.845. The van der Waals surface area contributed by atoms with Crippen LogP contribution in [0.25, 0.3) is 5.69 Å². The summed E-state index contributed by atoms with van der Waals surface area (Å²) in [4.78, 5) is 26.1.